The summed E-state index contributed by atoms with van der Waals surface area (Å²) in [5, 5.41) is 0. The molecule has 0 radical (unpaired) electrons. The lowest BCUT2D eigenvalue weighted by molar-refractivity contribution is -0.141. The lowest BCUT2D eigenvalue weighted by atomic mass is 10.5. The Labute approximate surface area is 107 Å². The van der Waals surface area contributed by atoms with Crippen molar-refractivity contribution in [1.82, 2.24) is 0 Å². The third-order valence-corrected chi connectivity index (χ3v) is 1.71. The van der Waals surface area contributed by atoms with Crippen molar-refractivity contribution in [2.45, 2.75) is 13.8 Å². The van der Waals surface area contributed by atoms with Crippen molar-refractivity contribution in [2.24, 2.45) is 0 Å². The normalized spacial score (nSPS) is 10.6. The van der Waals surface area contributed by atoms with Gasteiger partial charge in [0.2, 0.25) is 0 Å². The van der Waals surface area contributed by atoms with E-state index in [0.717, 1.165) is 12.2 Å². The Balaban J connectivity index is 3.58. The highest BCUT2D eigenvalue weighted by Gasteiger charge is 2.00. The fraction of sp³-hybridized carbons (Fsp3) is 0.667. The average molecular weight is 260 g/mol. The van der Waals surface area contributed by atoms with Gasteiger partial charge in [0.05, 0.1) is 13.2 Å². The highest BCUT2D eigenvalue weighted by molar-refractivity contribution is 5.91. The maximum atomic E-state index is 11.1. The lowest BCUT2D eigenvalue weighted by Gasteiger charge is -2.02. The maximum Gasteiger partial charge on any atom is 0.331 e. The van der Waals surface area contributed by atoms with Gasteiger partial charge in [-0.05, 0) is 13.8 Å². The monoisotopic (exact) mass is 260 g/mol. The third-order valence-electron chi connectivity index (χ3n) is 1.71. The third kappa shape index (κ3) is 11.1. The topological polar surface area (TPSA) is 71.1 Å². The molecule has 0 aromatic rings. The maximum absolute atomic E-state index is 11.1. The summed E-state index contributed by atoms with van der Waals surface area (Å²) in [6.45, 7) is 5.84. The van der Waals surface area contributed by atoms with Gasteiger partial charge in [-0.3, -0.25) is 0 Å². The van der Waals surface area contributed by atoms with Crippen LogP contribution >= 0.6 is 0 Å². The van der Waals surface area contributed by atoms with Gasteiger partial charge in [-0.1, -0.05) is 0 Å². The zero-order valence-corrected chi connectivity index (χ0v) is 10.8. The molecule has 0 amide bonds. The first kappa shape index (κ1) is 16.6. The summed E-state index contributed by atoms with van der Waals surface area (Å²) in [6, 6.07) is 0. The van der Waals surface area contributed by atoms with Crippen LogP contribution in [0.1, 0.15) is 13.8 Å². The zero-order valence-electron chi connectivity index (χ0n) is 10.8. The Morgan fingerprint density at radius 3 is 1.50 bits per heavy atom. The molecular weight excluding hydrogens is 240 g/mol. The van der Waals surface area contributed by atoms with E-state index in [0.29, 0.717) is 26.4 Å². The van der Waals surface area contributed by atoms with Gasteiger partial charge < -0.3 is 18.9 Å². The molecule has 0 aromatic heterocycles. The second kappa shape index (κ2) is 12.1. The molecule has 0 aliphatic heterocycles. The Hall–Kier alpha value is -1.40. The van der Waals surface area contributed by atoms with E-state index in [1.165, 1.54) is 0 Å². The minimum absolute atomic E-state index is 0.163. The molecule has 0 bridgehead atoms. The molecular formula is C12H20O6. The van der Waals surface area contributed by atoms with Gasteiger partial charge in [0.15, 0.2) is 0 Å². The minimum Gasteiger partial charge on any atom is -0.460 e. The van der Waals surface area contributed by atoms with E-state index in [4.69, 9.17) is 18.9 Å². The Kier molecular flexibility index (Phi) is 11.1. The summed E-state index contributed by atoms with van der Waals surface area (Å²) in [4.78, 5) is 22.2. The smallest absolute Gasteiger partial charge is 0.331 e. The van der Waals surface area contributed by atoms with Crippen LogP contribution in [0.3, 0.4) is 0 Å². The van der Waals surface area contributed by atoms with Gasteiger partial charge in [-0.15, -0.1) is 0 Å². The highest BCUT2D eigenvalue weighted by atomic mass is 16.6. The van der Waals surface area contributed by atoms with Crippen LogP contribution in [0.15, 0.2) is 12.2 Å². The molecule has 0 aliphatic rings. The van der Waals surface area contributed by atoms with Crippen molar-refractivity contribution in [3.63, 3.8) is 0 Å². The Morgan fingerprint density at radius 1 is 0.778 bits per heavy atom. The summed E-state index contributed by atoms with van der Waals surface area (Å²) in [5.74, 6) is -1.20. The molecule has 0 aliphatic carbocycles. The Bertz CT molecular complexity index is 235. The van der Waals surface area contributed by atoms with Crippen molar-refractivity contribution >= 4 is 11.9 Å². The average Bonchev–Trinajstić information content (AvgIpc) is 2.37. The number of carbonyl (C=O) groups is 2. The van der Waals surface area contributed by atoms with Crippen molar-refractivity contribution in [2.75, 3.05) is 39.6 Å². The number of carbonyl (C=O) groups excluding carboxylic acids is 2. The number of ether oxygens (including phenoxy) is 4. The van der Waals surface area contributed by atoms with Gasteiger partial charge in [-0.2, -0.15) is 0 Å². The molecule has 0 N–H and O–H groups in total. The second-order valence-electron chi connectivity index (χ2n) is 3.06. The Morgan fingerprint density at radius 2 is 1.17 bits per heavy atom. The largest absolute Gasteiger partial charge is 0.460 e. The van der Waals surface area contributed by atoms with Crippen LogP contribution in [0.4, 0.5) is 0 Å². The van der Waals surface area contributed by atoms with E-state index in [9.17, 15) is 9.59 Å². The van der Waals surface area contributed by atoms with E-state index in [1.54, 1.807) is 0 Å². The molecule has 6 nitrogen and oxygen atoms in total. The molecule has 0 spiro atoms. The first-order valence-electron chi connectivity index (χ1n) is 5.87. The summed E-state index contributed by atoms with van der Waals surface area (Å²) >= 11 is 0. The summed E-state index contributed by atoms with van der Waals surface area (Å²) < 4.78 is 19.5. The van der Waals surface area contributed by atoms with Crippen LogP contribution in [0.2, 0.25) is 0 Å². The molecule has 104 valence electrons. The molecule has 0 unspecified atom stereocenters. The SMILES string of the molecule is CCOCCOC(=O)/C=C/C(=O)OCCOCC. The summed E-state index contributed by atoms with van der Waals surface area (Å²) in [6.07, 6.45) is 2.05. The highest BCUT2D eigenvalue weighted by Crippen LogP contribution is 1.87. The van der Waals surface area contributed by atoms with Gasteiger partial charge in [0.25, 0.3) is 0 Å². The van der Waals surface area contributed by atoms with Gasteiger partial charge in [0, 0.05) is 25.4 Å². The van der Waals surface area contributed by atoms with Crippen LogP contribution in [0, 0.1) is 0 Å². The molecule has 0 aromatic carbocycles. The molecule has 18 heavy (non-hydrogen) atoms. The quantitative estimate of drug-likeness (QED) is 0.327. The van der Waals surface area contributed by atoms with Crippen LogP contribution < -0.4 is 0 Å². The molecule has 6 heteroatoms. The number of esters is 2. The second-order valence-corrected chi connectivity index (χ2v) is 3.06. The van der Waals surface area contributed by atoms with E-state index >= 15 is 0 Å². The fourth-order valence-corrected chi connectivity index (χ4v) is 0.923. The molecule has 0 fully saturated rings. The summed E-state index contributed by atoms with van der Waals surface area (Å²) in [7, 11) is 0. The molecule has 0 saturated heterocycles. The first-order valence-corrected chi connectivity index (χ1v) is 5.87. The molecule has 0 atom stereocenters. The van der Waals surface area contributed by atoms with E-state index in [-0.39, 0.29) is 13.2 Å². The van der Waals surface area contributed by atoms with E-state index < -0.39 is 11.9 Å². The van der Waals surface area contributed by atoms with Gasteiger partial charge >= 0.3 is 11.9 Å². The van der Waals surface area contributed by atoms with Crippen molar-refractivity contribution < 1.29 is 28.5 Å². The van der Waals surface area contributed by atoms with E-state index in [1.807, 2.05) is 13.8 Å². The molecule has 0 heterocycles. The fourth-order valence-electron chi connectivity index (χ4n) is 0.923. The molecule has 0 saturated carbocycles. The first-order chi connectivity index (χ1) is 8.70. The summed E-state index contributed by atoms with van der Waals surface area (Å²) in [5.41, 5.74) is 0. The predicted molar refractivity (Wildman–Crippen MR) is 64.0 cm³/mol. The van der Waals surface area contributed by atoms with Crippen molar-refractivity contribution in [3.8, 4) is 0 Å². The van der Waals surface area contributed by atoms with E-state index in [2.05, 4.69) is 0 Å². The van der Waals surface area contributed by atoms with Crippen LogP contribution in [-0.2, 0) is 28.5 Å². The number of hydrogen-bond acceptors (Lipinski definition) is 6. The molecule has 0 rings (SSSR count). The predicted octanol–water partition coefficient (Wildman–Crippen LogP) is 0.702. The van der Waals surface area contributed by atoms with Crippen molar-refractivity contribution in [1.29, 1.82) is 0 Å². The minimum atomic E-state index is -0.600. The van der Waals surface area contributed by atoms with Crippen molar-refractivity contribution in [3.05, 3.63) is 12.2 Å². The number of rotatable bonds is 10. The lowest BCUT2D eigenvalue weighted by Crippen LogP contribution is -2.10. The van der Waals surface area contributed by atoms with Crippen LogP contribution in [0.5, 0.6) is 0 Å². The van der Waals surface area contributed by atoms with Gasteiger partial charge in [-0.25, -0.2) is 9.59 Å². The number of hydrogen-bond donors (Lipinski definition) is 0. The van der Waals surface area contributed by atoms with Crippen LogP contribution in [-0.4, -0.2) is 51.6 Å². The standard InChI is InChI=1S/C12H20O6/c1-3-15-7-9-17-11(13)5-6-12(14)18-10-8-16-4-2/h5-6H,3-4,7-10H2,1-2H3/b6-5+. The van der Waals surface area contributed by atoms with Gasteiger partial charge in [0.1, 0.15) is 13.2 Å². The van der Waals surface area contributed by atoms with Crippen LogP contribution in [0.25, 0.3) is 0 Å². The zero-order chi connectivity index (χ0) is 13.6.